The Morgan fingerprint density at radius 3 is 2.36 bits per heavy atom. The van der Waals surface area contributed by atoms with E-state index in [2.05, 4.69) is 15.9 Å². The third kappa shape index (κ3) is 3.26. The lowest BCUT2D eigenvalue weighted by Gasteiger charge is -2.23. The molecule has 0 aromatic carbocycles. The molecule has 82 valence electrons. The minimum Gasteiger partial charge on any atom is -0.460 e. The van der Waals surface area contributed by atoms with Gasteiger partial charge in [0.15, 0.2) is 0 Å². The van der Waals surface area contributed by atoms with Crippen LogP contribution in [0.15, 0.2) is 0 Å². The van der Waals surface area contributed by atoms with Crippen molar-refractivity contribution in [1.29, 1.82) is 0 Å². The summed E-state index contributed by atoms with van der Waals surface area (Å²) in [6.07, 6.45) is 4.04. The summed E-state index contributed by atoms with van der Waals surface area (Å²) in [5, 5.41) is 0.970. The van der Waals surface area contributed by atoms with Gasteiger partial charge in [0.1, 0.15) is 5.60 Å². The molecule has 0 aromatic heterocycles. The number of halogens is 1. The number of rotatable bonds is 4. The molecule has 0 aromatic rings. The van der Waals surface area contributed by atoms with Gasteiger partial charge in [-0.1, -0.05) is 15.9 Å². The van der Waals surface area contributed by atoms with E-state index in [1.54, 1.807) is 0 Å². The first kappa shape index (κ1) is 12.0. The first-order valence-corrected chi connectivity index (χ1v) is 6.31. The lowest BCUT2D eigenvalue weighted by atomic mass is 10.0. The number of hydrogen-bond acceptors (Lipinski definition) is 2. The molecule has 0 spiro atoms. The maximum atomic E-state index is 11.8. The zero-order chi connectivity index (χ0) is 10.8. The first-order chi connectivity index (χ1) is 6.40. The molecule has 1 aliphatic rings. The van der Waals surface area contributed by atoms with Crippen LogP contribution in [-0.4, -0.2) is 16.9 Å². The smallest absolute Gasteiger partial charge is 0.312 e. The zero-order valence-corrected chi connectivity index (χ0v) is 10.8. The monoisotopic (exact) mass is 262 g/mol. The molecule has 0 N–H and O–H groups in total. The number of esters is 1. The van der Waals surface area contributed by atoms with Crippen LogP contribution < -0.4 is 0 Å². The Morgan fingerprint density at radius 1 is 1.43 bits per heavy atom. The Balaban J connectivity index is 2.44. The van der Waals surface area contributed by atoms with Crippen LogP contribution in [-0.2, 0) is 9.53 Å². The maximum Gasteiger partial charge on any atom is 0.312 e. The van der Waals surface area contributed by atoms with Crippen molar-refractivity contribution in [3.63, 3.8) is 0 Å². The van der Waals surface area contributed by atoms with E-state index >= 15 is 0 Å². The molecule has 14 heavy (non-hydrogen) atoms. The van der Waals surface area contributed by atoms with Crippen molar-refractivity contribution < 1.29 is 9.53 Å². The highest BCUT2D eigenvalue weighted by Crippen LogP contribution is 2.51. The Labute approximate surface area is 94.5 Å². The minimum absolute atomic E-state index is 0.00551. The molecule has 1 aliphatic carbocycles. The fourth-order valence-electron chi connectivity index (χ4n) is 1.50. The molecule has 2 nitrogen and oxygen atoms in total. The van der Waals surface area contributed by atoms with E-state index < -0.39 is 0 Å². The molecule has 1 saturated carbocycles. The van der Waals surface area contributed by atoms with Crippen molar-refractivity contribution in [2.24, 2.45) is 5.41 Å². The SMILES string of the molecule is CC(C)(C)OC(=O)C1(CCCBr)CC1. The highest BCUT2D eigenvalue weighted by molar-refractivity contribution is 9.09. The van der Waals surface area contributed by atoms with Crippen LogP contribution in [0.1, 0.15) is 46.5 Å². The van der Waals surface area contributed by atoms with Crippen molar-refractivity contribution in [2.45, 2.75) is 52.1 Å². The van der Waals surface area contributed by atoms with E-state index in [4.69, 9.17) is 4.74 Å². The summed E-state index contributed by atoms with van der Waals surface area (Å²) in [5.41, 5.74) is -0.470. The van der Waals surface area contributed by atoms with Crippen molar-refractivity contribution in [3.8, 4) is 0 Å². The number of hydrogen-bond donors (Lipinski definition) is 0. The van der Waals surface area contributed by atoms with Crippen LogP contribution in [0.3, 0.4) is 0 Å². The third-order valence-electron chi connectivity index (χ3n) is 2.47. The molecule has 0 aliphatic heterocycles. The van der Waals surface area contributed by atoms with Crippen LogP contribution in [0.4, 0.5) is 0 Å². The largest absolute Gasteiger partial charge is 0.460 e. The fraction of sp³-hybridized carbons (Fsp3) is 0.909. The van der Waals surface area contributed by atoms with Crippen molar-refractivity contribution >= 4 is 21.9 Å². The Hall–Kier alpha value is -0.0500. The van der Waals surface area contributed by atoms with Gasteiger partial charge in [-0.25, -0.2) is 0 Å². The van der Waals surface area contributed by atoms with Crippen LogP contribution >= 0.6 is 15.9 Å². The van der Waals surface area contributed by atoms with E-state index in [1.807, 2.05) is 20.8 Å². The van der Waals surface area contributed by atoms with Gasteiger partial charge in [0, 0.05) is 5.33 Å². The highest BCUT2D eigenvalue weighted by atomic mass is 79.9. The molecule has 0 amide bonds. The predicted molar refractivity (Wildman–Crippen MR) is 60.5 cm³/mol. The van der Waals surface area contributed by atoms with Crippen molar-refractivity contribution in [3.05, 3.63) is 0 Å². The van der Waals surface area contributed by atoms with Gasteiger partial charge in [0.05, 0.1) is 5.41 Å². The Kier molecular flexibility index (Phi) is 3.62. The number of carbonyl (C=O) groups is 1. The van der Waals surface area contributed by atoms with Gasteiger partial charge >= 0.3 is 5.97 Å². The van der Waals surface area contributed by atoms with E-state index in [0.29, 0.717) is 0 Å². The molecule has 0 bridgehead atoms. The lowest BCUT2D eigenvalue weighted by molar-refractivity contribution is -0.162. The van der Waals surface area contributed by atoms with Gasteiger partial charge in [-0.05, 0) is 46.5 Å². The summed E-state index contributed by atoms with van der Waals surface area (Å²) in [7, 11) is 0. The molecule has 3 heteroatoms. The number of carbonyl (C=O) groups excluding carboxylic acids is 1. The molecule has 0 radical (unpaired) electrons. The van der Waals surface area contributed by atoms with Gasteiger partial charge in [0.2, 0.25) is 0 Å². The number of ether oxygens (including phenoxy) is 1. The third-order valence-corrected chi connectivity index (χ3v) is 3.04. The summed E-state index contributed by atoms with van der Waals surface area (Å²) < 4.78 is 5.41. The van der Waals surface area contributed by atoms with Crippen LogP contribution in [0, 0.1) is 5.41 Å². The maximum absolute atomic E-state index is 11.8. The topological polar surface area (TPSA) is 26.3 Å². The first-order valence-electron chi connectivity index (χ1n) is 5.19. The number of alkyl halides is 1. The summed E-state index contributed by atoms with van der Waals surface area (Å²) in [5.74, 6) is 0.00551. The molecular formula is C11H19BrO2. The van der Waals surface area contributed by atoms with Gasteiger partial charge in [-0.15, -0.1) is 0 Å². The summed E-state index contributed by atoms with van der Waals surface area (Å²) >= 11 is 3.39. The van der Waals surface area contributed by atoms with Crippen LogP contribution in [0.25, 0.3) is 0 Å². The van der Waals surface area contributed by atoms with E-state index in [-0.39, 0.29) is 17.0 Å². The molecule has 0 saturated heterocycles. The lowest BCUT2D eigenvalue weighted by Crippen LogP contribution is -2.29. The van der Waals surface area contributed by atoms with Crippen LogP contribution in [0.5, 0.6) is 0 Å². The average Bonchev–Trinajstić information content (AvgIpc) is 2.78. The molecule has 0 heterocycles. The summed E-state index contributed by atoms with van der Waals surface area (Å²) in [6, 6.07) is 0. The van der Waals surface area contributed by atoms with Gasteiger partial charge < -0.3 is 4.74 Å². The second-order valence-corrected chi connectivity index (χ2v) is 5.87. The van der Waals surface area contributed by atoms with Crippen molar-refractivity contribution in [2.75, 3.05) is 5.33 Å². The summed E-state index contributed by atoms with van der Waals surface area (Å²) in [4.78, 5) is 11.8. The van der Waals surface area contributed by atoms with E-state index in [0.717, 1.165) is 31.0 Å². The van der Waals surface area contributed by atoms with Gasteiger partial charge in [0.25, 0.3) is 0 Å². The Morgan fingerprint density at radius 2 is 2.00 bits per heavy atom. The van der Waals surface area contributed by atoms with Crippen LogP contribution in [0.2, 0.25) is 0 Å². The van der Waals surface area contributed by atoms with E-state index in [9.17, 15) is 4.79 Å². The highest BCUT2D eigenvalue weighted by Gasteiger charge is 2.51. The van der Waals surface area contributed by atoms with E-state index in [1.165, 1.54) is 0 Å². The minimum atomic E-state index is -0.346. The normalized spacial score (nSPS) is 19.1. The molecule has 1 rings (SSSR count). The second-order valence-electron chi connectivity index (χ2n) is 5.07. The molecular weight excluding hydrogens is 244 g/mol. The average molecular weight is 263 g/mol. The second kappa shape index (κ2) is 4.21. The van der Waals surface area contributed by atoms with Gasteiger partial charge in [-0.3, -0.25) is 4.79 Å². The quantitative estimate of drug-likeness (QED) is 0.574. The van der Waals surface area contributed by atoms with Crippen molar-refractivity contribution in [1.82, 2.24) is 0 Å². The standard InChI is InChI=1S/C11H19BrO2/c1-10(2,3)14-9(13)11(6-7-11)5-4-8-12/h4-8H2,1-3H3. The Bertz CT molecular complexity index is 214. The molecule has 1 fully saturated rings. The summed E-state index contributed by atoms with van der Waals surface area (Å²) in [6.45, 7) is 5.77. The van der Waals surface area contributed by atoms with Gasteiger partial charge in [-0.2, -0.15) is 0 Å². The molecule has 0 unspecified atom stereocenters. The zero-order valence-electron chi connectivity index (χ0n) is 9.23. The molecule has 0 atom stereocenters. The predicted octanol–water partition coefficient (Wildman–Crippen LogP) is 3.28. The fourth-order valence-corrected chi connectivity index (χ4v) is 1.78.